The van der Waals surface area contributed by atoms with Crippen molar-refractivity contribution >= 4 is 0 Å². The number of hydrogen-bond acceptors (Lipinski definition) is 4. The van der Waals surface area contributed by atoms with Gasteiger partial charge in [0, 0.05) is 44.9 Å². The van der Waals surface area contributed by atoms with Gasteiger partial charge in [0.05, 0.1) is 13.2 Å². The van der Waals surface area contributed by atoms with Crippen molar-refractivity contribution in [3.63, 3.8) is 0 Å². The zero-order valence-electron chi connectivity index (χ0n) is 12.8. The number of hydrogen-bond donors (Lipinski definition) is 1. The fourth-order valence-corrected chi connectivity index (χ4v) is 2.85. The third kappa shape index (κ3) is 4.71. The highest BCUT2D eigenvalue weighted by Gasteiger charge is 2.39. The maximum Gasteiger partial charge on any atom is 0.0700 e. The van der Waals surface area contributed by atoms with E-state index in [-0.39, 0.29) is 5.54 Å². The smallest absolute Gasteiger partial charge is 0.0700 e. The fraction of sp³-hybridized carbons (Fsp3) is 1.00. The lowest BCUT2D eigenvalue weighted by Gasteiger charge is -2.46. The molecule has 4 heteroatoms. The molecule has 2 fully saturated rings. The normalized spacial score (nSPS) is 27.6. The Bertz CT molecular complexity index is 267. The third-order valence-corrected chi connectivity index (χ3v) is 4.41. The van der Waals surface area contributed by atoms with Gasteiger partial charge in [-0.25, -0.2) is 0 Å². The van der Waals surface area contributed by atoms with Gasteiger partial charge in [0.15, 0.2) is 0 Å². The topological polar surface area (TPSA) is 33.7 Å². The van der Waals surface area contributed by atoms with Gasteiger partial charge in [0.2, 0.25) is 0 Å². The Morgan fingerprint density at radius 1 is 1.21 bits per heavy atom. The molecule has 1 saturated carbocycles. The van der Waals surface area contributed by atoms with Crippen molar-refractivity contribution < 1.29 is 9.47 Å². The Hall–Kier alpha value is -0.160. The molecular formula is C15H30N2O2. The van der Waals surface area contributed by atoms with Crippen LogP contribution in [0.25, 0.3) is 0 Å². The molecule has 2 rings (SSSR count). The SMILES string of the molecule is COCCOCCCN1CC(C2CC2)NCC1(C)C. The predicted molar refractivity (Wildman–Crippen MR) is 77.5 cm³/mol. The second-order valence-electron chi connectivity index (χ2n) is 6.54. The molecular weight excluding hydrogens is 240 g/mol. The zero-order chi connectivity index (χ0) is 13.7. The number of piperazine rings is 1. The summed E-state index contributed by atoms with van der Waals surface area (Å²) in [5.41, 5.74) is 0.276. The lowest BCUT2D eigenvalue weighted by Crippen LogP contribution is -2.62. The van der Waals surface area contributed by atoms with Crippen LogP contribution in [-0.2, 0) is 9.47 Å². The number of ether oxygens (including phenoxy) is 2. The molecule has 1 aliphatic carbocycles. The Balaban J connectivity index is 1.66. The molecule has 0 bridgehead atoms. The van der Waals surface area contributed by atoms with E-state index in [0.717, 1.165) is 38.1 Å². The summed E-state index contributed by atoms with van der Waals surface area (Å²) in [6.45, 7) is 10.4. The van der Waals surface area contributed by atoms with Crippen LogP contribution in [0.2, 0.25) is 0 Å². The highest BCUT2D eigenvalue weighted by molar-refractivity contribution is 4.98. The molecule has 1 unspecified atom stereocenters. The minimum absolute atomic E-state index is 0.276. The lowest BCUT2D eigenvalue weighted by molar-refractivity contribution is 0.0363. The Morgan fingerprint density at radius 3 is 2.68 bits per heavy atom. The first-order valence-corrected chi connectivity index (χ1v) is 7.68. The molecule has 0 aromatic heterocycles. The average molecular weight is 270 g/mol. The highest BCUT2D eigenvalue weighted by Crippen LogP contribution is 2.35. The van der Waals surface area contributed by atoms with Crippen molar-refractivity contribution in [2.45, 2.75) is 44.7 Å². The van der Waals surface area contributed by atoms with E-state index in [4.69, 9.17) is 9.47 Å². The van der Waals surface area contributed by atoms with Crippen LogP contribution in [0, 0.1) is 5.92 Å². The average Bonchev–Trinajstić information content (AvgIpc) is 3.19. The van der Waals surface area contributed by atoms with Crippen molar-refractivity contribution in [3.05, 3.63) is 0 Å². The van der Waals surface area contributed by atoms with Gasteiger partial charge in [-0.2, -0.15) is 0 Å². The predicted octanol–water partition coefficient (Wildman–Crippen LogP) is 1.50. The molecule has 1 atom stereocenters. The van der Waals surface area contributed by atoms with E-state index in [1.807, 2.05) is 0 Å². The van der Waals surface area contributed by atoms with Crippen molar-refractivity contribution in [1.29, 1.82) is 0 Å². The van der Waals surface area contributed by atoms with Crippen LogP contribution in [-0.4, -0.2) is 63.0 Å². The van der Waals surface area contributed by atoms with Crippen LogP contribution in [0.4, 0.5) is 0 Å². The van der Waals surface area contributed by atoms with E-state index >= 15 is 0 Å². The van der Waals surface area contributed by atoms with Gasteiger partial charge >= 0.3 is 0 Å². The molecule has 0 aromatic rings. The number of rotatable bonds is 8. The summed E-state index contributed by atoms with van der Waals surface area (Å²) >= 11 is 0. The van der Waals surface area contributed by atoms with Crippen molar-refractivity contribution in [1.82, 2.24) is 10.2 Å². The van der Waals surface area contributed by atoms with E-state index in [1.165, 1.54) is 19.4 Å². The van der Waals surface area contributed by atoms with E-state index < -0.39 is 0 Å². The molecule has 112 valence electrons. The first-order valence-electron chi connectivity index (χ1n) is 7.68. The van der Waals surface area contributed by atoms with Crippen LogP contribution >= 0.6 is 0 Å². The van der Waals surface area contributed by atoms with Gasteiger partial charge in [-0.3, -0.25) is 4.90 Å². The summed E-state index contributed by atoms with van der Waals surface area (Å²) in [5.74, 6) is 0.941. The van der Waals surface area contributed by atoms with Crippen LogP contribution < -0.4 is 5.32 Å². The quantitative estimate of drug-likeness (QED) is 0.678. The standard InChI is InChI=1S/C15H30N2O2/c1-15(2)12-16-14(13-5-6-13)11-17(15)7-4-8-19-10-9-18-3/h13-14,16H,4-12H2,1-3H3. The molecule has 1 saturated heterocycles. The molecule has 1 heterocycles. The molecule has 19 heavy (non-hydrogen) atoms. The second kappa shape index (κ2) is 7.02. The van der Waals surface area contributed by atoms with Gasteiger partial charge in [-0.1, -0.05) is 0 Å². The maximum absolute atomic E-state index is 5.55. The van der Waals surface area contributed by atoms with E-state index in [9.17, 15) is 0 Å². The van der Waals surface area contributed by atoms with Crippen LogP contribution in [0.15, 0.2) is 0 Å². The Labute approximate surface area is 117 Å². The van der Waals surface area contributed by atoms with Gasteiger partial charge < -0.3 is 14.8 Å². The van der Waals surface area contributed by atoms with Crippen molar-refractivity contribution in [3.8, 4) is 0 Å². The van der Waals surface area contributed by atoms with Gasteiger partial charge in [-0.15, -0.1) is 0 Å². The maximum atomic E-state index is 5.55. The summed E-state index contributed by atoms with van der Waals surface area (Å²) in [5, 5.41) is 3.73. The Kier molecular flexibility index (Phi) is 5.63. The number of methoxy groups -OCH3 is 1. The first-order chi connectivity index (χ1) is 9.13. The molecule has 0 radical (unpaired) electrons. The van der Waals surface area contributed by atoms with Gasteiger partial charge in [-0.05, 0) is 39.0 Å². The molecule has 2 aliphatic rings. The molecule has 0 aromatic carbocycles. The van der Waals surface area contributed by atoms with Crippen LogP contribution in [0.1, 0.15) is 33.1 Å². The summed E-state index contributed by atoms with van der Waals surface area (Å²) in [6, 6.07) is 0.724. The molecule has 1 aliphatic heterocycles. The van der Waals surface area contributed by atoms with Gasteiger partial charge in [0.1, 0.15) is 0 Å². The first kappa shape index (κ1) is 15.2. The molecule has 0 spiro atoms. The van der Waals surface area contributed by atoms with Gasteiger partial charge in [0.25, 0.3) is 0 Å². The molecule has 1 N–H and O–H groups in total. The number of nitrogens with one attached hydrogen (secondary N) is 1. The van der Waals surface area contributed by atoms with Crippen LogP contribution in [0.5, 0.6) is 0 Å². The summed E-state index contributed by atoms with van der Waals surface area (Å²) in [7, 11) is 1.71. The Morgan fingerprint density at radius 2 is 2.00 bits per heavy atom. The third-order valence-electron chi connectivity index (χ3n) is 4.41. The lowest BCUT2D eigenvalue weighted by atomic mass is 9.95. The zero-order valence-corrected chi connectivity index (χ0v) is 12.8. The largest absolute Gasteiger partial charge is 0.382 e. The minimum Gasteiger partial charge on any atom is -0.382 e. The molecule has 0 amide bonds. The van der Waals surface area contributed by atoms with E-state index in [0.29, 0.717) is 13.2 Å². The second-order valence-corrected chi connectivity index (χ2v) is 6.54. The van der Waals surface area contributed by atoms with Crippen molar-refractivity contribution in [2.75, 3.05) is 46.6 Å². The number of nitrogens with zero attached hydrogens (tertiary/aromatic N) is 1. The fourth-order valence-electron chi connectivity index (χ4n) is 2.85. The molecule has 4 nitrogen and oxygen atoms in total. The summed E-state index contributed by atoms with van der Waals surface area (Å²) < 4.78 is 10.5. The van der Waals surface area contributed by atoms with Crippen molar-refractivity contribution in [2.24, 2.45) is 5.92 Å². The highest BCUT2D eigenvalue weighted by atomic mass is 16.5. The monoisotopic (exact) mass is 270 g/mol. The minimum atomic E-state index is 0.276. The van der Waals surface area contributed by atoms with Crippen LogP contribution in [0.3, 0.4) is 0 Å². The summed E-state index contributed by atoms with van der Waals surface area (Å²) in [6.07, 6.45) is 3.96. The van der Waals surface area contributed by atoms with E-state index in [2.05, 4.69) is 24.1 Å². The summed E-state index contributed by atoms with van der Waals surface area (Å²) in [4.78, 5) is 2.65. The van der Waals surface area contributed by atoms with E-state index in [1.54, 1.807) is 7.11 Å².